The molecule has 0 radical (unpaired) electrons. The maximum Gasteiger partial charge on any atom is 0.0586 e. The van der Waals surface area contributed by atoms with Gasteiger partial charge in [0.05, 0.1) is 22.9 Å². The summed E-state index contributed by atoms with van der Waals surface area (Å²) in [5, 5.41) is 0. The summed E-state index contributed by atoms with van der Waals surface area (Å²) in [4.78, 5) is 0. The molecule has 1 heterocycles. The average molecular weight is 195 g/mol. The Morgan fingerprint density at radius 1 is 1.67 bits per heavy atom. The normalized spacial score (nSPS) is 19.8. The van der Waals surface area contributed by atoms with E-state index in [1.165, 1.54) is 13.0 Å². The van der Waals surface area contributed by atoms with E-state index in [2.05, 4.69) is 38.3 Å². The van der Waals surface area contributed by atoms with E-state index in [9.17, 15) is 0 Å². The third-order valence-corrected chi connectivity index (χ3v) is 1.58. The van der Waals surface area contributed by atoms with E-state index in [1.807, 2.05) is 0 Å². The van der Waals surface area contributed by atoms with Crippen LogP contribution in [0.5, 0.6) is 0 Å². The van der Waals surface area contributed by atoms with Crippen LogP contribution in [-0.2, 0) is 0 Å². The molecule has 0 fully saturated rings. The Labute approximate surface area is 51.5 Å². The summed E-state index contributed by atoms with van der Waals surface area (Å²) in [5.74, 6) is 0. The van der Waals surface area contributed by atoms with Crippen LogP contribution in [0.3, 0.4) is 0 Å². The van der Waals surface area contributed by atoms with Crippen molar-refractivity contribution in [2.45, 2.75) is 6.42 Å². The monoisotopic (exact) mass is 195 g/mol. The average Bonchev–Trinajstić information content (AvgIpc) is 1.86. The van der Waals surface area contributed by atoms with Gasteiger partial charge in [-0.2, -0.15) is 0 Å². The molecule has 0 atom stereocenters. The van der Waals surface area contributed by atoms with Crippen molar-refractivity contribution >= 4 is 22.9 Å². The first-order chi connectivity index (χ1) is 2.89. The maximum atomic E-state index is 2.28. The van der Waals surface area contributed by atoms with Crippen molar-refractivity contribution in [2.75, 3.05) is 6.54 Å². The van der Waals surface area contributed by atoms with Gasteiger partial charge in [0.1, 0.15) is 0 Å². The Bertz CT molecular complexity index is 69.9. The topological polar surface area (TPSA) is 3.24 Å². The molecule has 0 unspecified atom stereocenters. The molecule has 1 aliphatic rings. The number of hydrogen-bond acceptors (Lipinski definition) is 1. The van der Waals surface area contributed by atoms with E-state index in [0.717, 1.165) is 0 Å². The molecule has 0 aromatic carbocycles. The van der Waals surface area contributed by atoms with Gasteiger partial charge in [-0.15, -0.1) is 0 Å². The summed E-state index contributed by atoms with van der Waals surface area (Å²) in [5.41, 5.74) is 0. The molecule has 0 N–H and O–H groups in total. The molecule has 0 aromatic rings. The predicted molar refractivity (Wildman–Crippen MR) is 34.5 cm³/mol. The first kappa shape index (κ1) is 4.43. The van der Waals surface area contributed by atoms with Gasteiger partial charge in [0, 0.05) is 12.7 Å². The van der Waals surface area contributed by atoms with E-state index >= 15 is 0 Å². The van der Waals surface area contributed by atoms with Crippen molar-refractivity contribution < 1.29 is 0 Å². The lowest BCUT2D eigenvalue weighted by Crippen LogP contribution is -1.94. The molecule has 2 heteroatoms. The Hall–Kier alpha value is 0.270. The van der Waals surface area contributed by atoms with Crippen LogP contribution in [0.25, 0.3) is 0 Å². The van der Waals surface area contributed by atoms with E-state index in [-0.39, 0.29) is 0 Å². The quantitative estimate of drug-likeness (QED) is 0.418. The standard InChI is InChI=1S/C4H6IN/c5-6-3-1-2-4-6/h1,3H,2,4H2. The first-order valence-corrected chi connectivity index (χ1v) is 2.95. The lowest BCUT2D eigenvalue weighted by atomic mass is 10.5. The highest BCUT2D eigenvalue weighted by molar-refractivity contribution is 14.1. The van der Waals surface area contributed by atoms with Gasteiger partial charge in [0.25, 0.3) is 0 Å². The first-order valence-electron chi connectivity index (χ1n) is 1.99. The number of nitrogens with zero attached hydrogens (tertiary/aromatic N) is 1. The molecule has 0 bridgehead atoms. The summed E-state index contributed by atoms with van der Waals surface area (Å²) < 4.78 is 2.15. The minimum Gasteiger partial charge on any atom is -0.322 e. The zero-order valence-electron chi connectivity index (χ0n) is 3.39. The Morgan fingerprint density at radius 2 is 2.50 bits per heavy atom. The van der Waals surface area contributed by atoms with Crippen molar-refractivity contribution in [3.63, 3.8) is 0 Å². The molecule has 0 saturated heterocycles. The van der Waals surface area contributed by atoms with E-state index in [0.29, 0.717) is 0 Å². The van der Waals surface area contributed by atoms with Gasteiger partial charge < -0.3 is 3.11 Å². The van der Waals surface area contributed by atoms with Crippen LogP contribution in [0.2, 0.25) is 0 Å². The molecule has 1 nitrogen and oxygen atoms in total. The number of hydrogen-bond donors (Lipinski definition) is 0. The van der Waals surface area contributed by atoms with Gasteiger partial charge in [0.15, 0.2) is 0 Å². The second-order valence-electron chi connectivity index (χ2n) is 1.30. The SMILES string of the molecule is IN1C=CCC1. The highest BCUT2D eigenvalue weighted by Gasteiger charge is 1.95. The molecule has 6 heavy (non-hydrogen) atoms. The third kappa shape index (κ3) is 0.864. The molecule has 34 valence electrons. The lowest BCUT2D eigenvalue weighted by Gasteiger charge is -1.98. The summed E-state index contributed by atoms with van der Waals surface area (Å²) in [6, 6.07) is 0. The zero-order valence-corrected chi connectivity index (χ0v) is 5.55. The highest BCUT2D eigenvalue weighted by Crippen LogP contribution is 2.07. The fraction of sp³-hybridized carbons (Fsp3) is 0.500. The van der Waals surface area contributed by atoms with Gasteiger partial charge in [-0.25, -0.2) is 0 Å². The molecular formula is C4H6IN. The minimum absolute atomic E-state index is 1.20. The van der Waals surface area contributed by atoms with Crippen LogP contribution in [0, 0.1) is 0 Å². The zero-order chi connectivity index (χ0) is 4.41. The molecule has 0 saturated carbocycles. The van der Waals surface area contributed by atoms with Gasteiger partial charge in [-0.3, -0.25) is 0 Å². The molecule has 1 rings (SSSR count). The summed E-state index contributed by atoms with van der Waals surface area (Å²) in [7, 11) is 0. The van der Waals surface area contributed by atoms with E-state index < -0.39 is 0 Å². The largest absolute Gasteiger partial charge is 0.322 e. The maximum absolute atomic E-state index is 2.28. The Balaban J connectivity index is 2.38. The van der Waals surface area contributed by atoms with E-state index in [1.54, 1.807) is 0 Å². The van der Waals surface area contributed by atoms with Crippen molar-refractivity contribution in [2.24, 2.45) is 0 Å². The molecular weight excluding hydrogens is 189 g/mol. The molecule has 0 aliphatic carbocycles. The number of rotatable bonds is 0. The van der Waals surface area contributed by atoms with Crippen molar-refractivity contribution in [1.29, 1.82) is 0 Å². The van der Waals surface area contributed by atoms with Gasteiger partial charge in [0.2, 0.25) is 0 Å². The van der Waals surface area contributed by atoms with Crippen LogP contribution in [0.4, 0.5) is 0 Å². The van der Waals surface area contributed by atoms with Crippen molar-refractivity contribution in [3.05, 3.63) is 12.3 Å². The lowest BCUT2D eigenvalue weighted by molar-refractivity contribution is 0.719. The smallest absolute Gasteiger partial charge is 0.0586 e. The molecule has 0 amide bonds. The van der Waals surface area contributed by atoms with Crippen LogP contribution in [0.1, 0.15) is 6.42 Å². The second kappa shape index (κ2) is 1.82. The van der Waals surface area contributed by atoms with Crippen molar-refractivity contribution in [1.82, 2.24) is 3.11 Å². The Kier molecular flexibility index (Phi) is 1.34. The molecule has 0 aromatic heterocycles. The fourth-order valence-electron chi connectivity index (χ4n) is 0.461. The second-order valence-corrected chi connectivity index (χ2v) is 2.54. The molecule has 1 aliphatic heterocycles. The van der Waals surface area contributed by atoms with Gasteiger partial charge >= 0.3 is 0 Å². The molecule has 0 spiro atoms. The minimum atomic E-state index is 1.20. The van der Waals surface area contributed by atoms with Crippen LogP contribution in [0.15, 0.2) is 12.3 Å². The summed E-state index contributed by atoms with van der Waals surface area (Å²) in [6.45, 7) is 1.20. The van der Waals surface area contributed by atoms with Crippen LogP contribution >= 0.6 is 22.9 Å². The van der Waals surface area contributed by atoms with Gasteiger partial charge in [-0.1, -0.05) is 6.08 Å². The van der Waals surface area contributed by atoms with Crippen LogP contribution in [-0.4, -0.2) is 9.66 Å². The summed E-state index contributed by atoms with van der Waals surface area (Å²) in [6.07, 6.45) is 5.50. The van der Waals surface area contributed by atoms with Gasteiger partial charge in [-0.05, 0) is 6.42 Å². The Morgan fingerprint density at radius 3 is 2.67 bits per heavy atom. The highest BCUT2D eigenvalue weighted by atomic mass is 127. The number of halogens is 1. The van der Waals surface area contributed by atoms with E-state index in [4.69, 9.17) is 0 Å². The van der Waals surface area contributed by atoms with Crippen molar-refractivity contribution in [3.8, 4) is 0 Å². The predicted octanol–water partition coefficient (Wildman–Crippen LogP) is 1.56. The summed E-state index contributed by atoms with van der Waals surface area (Å²) >= 11 is 2.28. The third-order valence-electron chi connectivity index (χ3n) is 0.777. The van der Waals surface area contributed by atoms with Crippen LogP contribution < -0.4 is 0 Å². The fourth-order valence-corrected chi connectivity index (χ4v) is 0.967.